The van der Waals surface area contributed by atoms with Crippen LogP contribution in [0, 0.1) is 6.92 Å². The molecule has 0 saturated heterocycles. The molecule has 0 aliphatic carbocycles. The van der Waals surface area contributed by atoms with E-state index < -0.39 is 11.9 Å². The first kappa shape index (κ1) is 19.4. The van der Waals surface area contributed by atoms with E-state index in [1.165, 1.54) is 11.8 Å². The first-order chi connectivity index (χ1) is 13.0. The zero-order valence-corrected chi connectivity index (χ0v) is 16.2. The van der Waals surface area contributed by atoms with Crippen molar-refractivity contribution >= 4 is 40.9 Å². The smallest absolute Gasteiger partial charge is 0.316 e. The van der Waals surface area contributed by atoms with Crippen molar-refractivity contribution < 1.29 is 23.8 Å². The van der Waals surface area contributed by atoms with Crippen LogP contribution >= 0.6 is 23.4 Å². The summed E-state index contributed by atoms with van der Waals surface area (Å²) in [5.41, 5.74) is 1.46. The number of benzene rings is 2. The predicted octanol–water partition coefficient (Wildman–Crippen LogP) is 3.69. The van der Waals surface area contributed by atoms with E-state index in [0.717, 1.165) is 10.5 Å². The van der Waals surface area contributed by atoms with Gasteiger partial charge in [0.25, 0.3) is 5.91 Å². The number of hydrogen-bond donors (Lipinski definition) is 1. The number of aryl methyl sites for hydroxylation is 1. The second kappa shape index (κ2) is 9.01. The van der Waals surface area contributed by atoms with Gasteiger partial charge in [0.1, 0.15) is 13.2 Å². The average Bonchev–Trinajstić information content (AvgIpc) is 2.67. The Morgan fingerprint density at radius 2 is 1.93 bits per heavy atom. The van der Waals surface area contributed by atoms with Crippen LogP contribution in [-0.4, -0.2) is 37.4 Å². The Morgan fingerprint density at radius 3 is 2.70 bits per heavy atom. The Morgan fingerprint density at radius 1 is 1.15 bits per heavy atom. The zero-order chi connectivity index (χ0) is 19.2. The molecule has 0 radical (unpaired) electrons. The van der Waals surface area contributed by atoms with Crippen LogP contribution in [0.4, 0.5) is 5.69 Å². The summed E-state index contributed by atoms with van der Waals surface area (Å²) in [6.07, 6.45) is 0. The molecular formula is C19H18ClNO5S. The molecule has 3 rings (SSSR count). The van der Waals surface area contributed by atoms with Crippen LogP contribution in [0.3, 0.4) is 0 Å². The fourth-order valence-corrected chi connectivity index (χ4v) is 3.35. The molecule has 1 aliphatic heterocycles. The summed E-state index contributed by atoms with van der Waals surface area (Å²) >= 11 is 7.19. The molecule has 8 heteroatoms. The average molecular weight is 408 g/mol. The summed E-state index contributed by atoms with van der Waals surface area (Å²) in [5, 5.41) is 3.28. The lowest BCUT2D eigenvalue weighted by Gasteiger charge is -2.18. The van der Waals surface area contributed by atoms with E-state index >= 15 is 0 Å². The van der Waals surface area contributed by atoms with Crippen molar-refractivity contribution in [2.45, 2.75) is 11.8 Å². The number of rotatable bonds is 6. The Hall–Kier alpha value is -2.38. The highest BCUT2D eigenvalue weighted by Gasteiger charge is 2.14. The number of halogens is 1. The van der Waals surface area contributed by atoms with Crippen LogP contribution < -0.4 is 14.8 Å². The molecule has 0 atom stereocenters. The van der Waals surface area contributed by atoms with Gasteiger partial charge in [-0.3, -0.25) is 9.59 Å². The van der Waals surface area contributed by atoms with Gasteiger partial charge in [0.2, 0.25) is 0 Å². The summed E-state index contributed by atoms with van der Waals surface area (Å²) < 4.78 is 16.0. The zero-order valence-electron chi connectivity index (χ0n) is 14.6. The van der Waals surface area contributed by atoms with Crippen LogP contribution in [0.1, 0.15) is 5.56 Å². The molecule has 142 valence electrons. The Kier molecular flexibility index (Phi) is 6.47. The predicted molar refractivity (Wildman–Crippen MR) is 104 cm³/mol. The van der Waals surface area contributed by atoms with E-state index in [1.807, 2.05) is 25.1 Å². The van der Waals surface area contributed by atoms with Gasteiger partial charge >= 0.3 is 5.97 Å². The van der Waals surface area contributed by atoms with Gasteiger partial charge in [-0.1, -0.05) is 11.6 Å². The van der Waals surface area contributed by atoms with Crippen LogP contribution in [0.5, 0.6) is 11.5 Å². The van der Waals surface area contributed by atoms with Crippen LogP contribution in [-0.2, 0) is 14.3 Å². The quantitative estimate of drug-likeness (QED) is 0.581. The molecule has 0 spiro atoms. The second-order valence-corrected chi connectivity index (χ2v) is 7.25. The molecule has 0 bridgehead atoms. The third-order valence-electron chi connectivity index (χ3n) is 3.70. The lowest BCUT2D eigenvalue weighted by atomic mass is 10.2. The molecule has 0 unspecified atom stereocenters. The van der Waals surface area contributed by atoms with E-state index in [4.69, 9.17) is 25.8 Å². The third-order valence-corrected chi connectivity index (χ3v) is 4.90. The van der Waals surface area contributed by atoms with E-state index in [1.54, 1.807) is 18.2 Å². The van der Waals surface area contributed by atoms with Crippen LogP contribution in [0.2, 0.25) is 5.02 Å². The molecule has 1 N–H and O–H groups in total. The molecule has 1 heterocycles. The highest BCUT2D eigenvalue weighted by atomic mass is 35.5. The van der Waals surface area contributed by atoms with Gasteiger partial charge in [0.15, 0.2) is 18.1 Å². The lowest BCUT2D eigenvalue weighted by molar-refractivity contribution is -0.144. The maximum atomic E-state index is 11.9. The first-order valence-corrected chi connectivity index (χ1v) is 9.62. The minimum Gasteiger partial charge on any atom is -0.486 e. The first-order valence-electron chi connectivity index (χ1n) is 8.25. The van der Waals surface area contributed by atoms with Gasteiger partial charge in [-0.15, -0.1) is 11.8 Å². The van der Waals surface area contributed by atoms with E-state index in [-0.39, 0.29) is 12.4 Å². The topological polar surface area (TPSA) is 73.9 Å². The van der Waals surface area contributed by atoms with Gasteiger partial charge in [-0.25, -0.2) is 0 Å². The molecule has 0 fully saturated rings. The van der Waals surface area contributed by atoms with Gasteiger partial charge in [0, 0.05) is 15.6 Å². The number of hydrogen-bond acceptors (Lipinski definition) is 6. The number of thioether (sulfide) groups is 1. The summed E-state index contributed by atoms with van der Waals surface area (Å²) in [6, 6.07) is 10.6. The molecule has 2 aromatic carbocycles. The SMILES string of the molecule is Cc1cc(Cl)ccc1NC(=O)COC(=O)CSc1ccc2c(c1)OCCO2. The van der Waals surface area contributed by atoms with Gasteiger partial charge in [-0.2, -0.15) is 0 Å². The number of carbonyl (C=O) groups excluding carboxylic acids is 2. The molecule has 1 aliphatic rings. The fourth-order valence-electron chi connectivity index (χ4n) is 2.40. The van der Waals surface area contributed by atoms with Crippen LogP contribution in [0.25, 0.3) is 0 Å². The van der Waals surface area contributed by atoms with Crippen molar-refractivity contribution in [1.82, 2.24) is 0 Å². The van der Waals surface area contributed by atoms with Crippen molar-refractivity contribution in [2.24, 2.45) is 0 Å². The number of nitrogens with one attached hydrogen (secondary N) is 1. The fraction of sp³-hybridized carbons (Fsp3) is 0.263. The van der Waals surface area contributed by atoms with Crippen molar-refractivity contribution in [3.05, 3.63) is 47.0 Å². The Balaban J connectivity index is 1.43. The highest BCUT2D eigenvalue weighted by molar-refractivity contribution is 8.00. The van der Waals surface area contributed by atoms with E-state index in [9.17, 15) is 9.59 Å². The van der Waals surface area contributed by atoms with Gasteiger partial charge in [0.05, 0.1) is 5.75 Å². The highest BCUT2D eigenvalue weighted by Crippen LogP contribution is 2.34. The molecule has 0 saturated carbocycles. The van der Waals surface area contributed by atoms with Crippen molar-refractivity contribution in [3.8, 4) is 11.5 Å². The van der Waals surface area contributed by atoms with Crippen molar-refractivity contribution in [2.75, 3.05) is 30.9 Å². The van der Waals surface area contributed by atoms with E-state index in [0.29, 0.717) is 35.4 Å². The second-order valence-electron chi connectivity index (χ2n) is 5.76. The monoisotopic (exact) mass is 407 g/mol. The minimum atomic E-state index is -0.474. The molecule has 2 aromatic rings. The number of esters is 1. The number of fused-ring (bicyclic) bond motifs is 1. The van der Waals surface area contributed by atoms with Crippen molar-refractivity contribution in [3.63, 3.8) is 0 Å². The maximum Gasteiger partial charge on any atom is 0.316 e. The number of anilines is 1. The third kappa shape index (κ3) is 5.55. The molecule has 27 heavy (non-hydrogen) atoms. The number of carbonyl (C=O) groups is 2. The molecule has 6 nitrogen and oxygen atoms in total. The summed E-state index contributed by atoms with van der Waals surface area (Å²) in [6.45, 7) is 2.52. The van der Waals surface area contributed by atoms with E-state index in [2.05, 4.69) is 5.32 Å². The van der Waals surface area contributed by atoms with Gasteiger partial charge < -0.3 is 19.5 Å². The normalized spacial score (nSPS) is 12.4. The largest absolute Gasteiger partial charge is 0.486 e. The number of amides is 1. The van der Waals surface area contributed by atoms with Crippen LogP contribution in [0.15, 0.2) is 41.3 Å². The standard InChI is InChI=1S/C19H18ClNO5S/c1-12-8-13(20)2-4-15(12)21-18(22)10-26-19(23)11-27-14-3-5-16-17(9-14)25-7-6-24-16/h2-5,8-9H,6-7,10-11H2,1H3,(H,21,22). The lowest BCUT2D eigenvalue weighted by Crippen LogP contribution is -2.22. The summed E-state index contributed by atoms with van der Waals surface area (Å²) in [4.78, 5) is 24.7. The molecule has 0 aromatic heterocycles. The van der Waals surface area contributed by atoms with Crippen molar-refractivity contribution in [1.29, 1.82) is 0 Å². The minimum absolute atomic E-state index is 0.0902. The Labute approximate surface area is 166 Å². The van der Waals surface area contributed by atoms with Gasteiger partial charge in [-0.05, 0) is 48.9 Å². The molecular weight excluding hydrogens is 390 g/mol. The summed E-state index contributed by atoms with van der Waals surface area (Å²) in [5.74, 6) is 0.572. The number of ether oxygens (including phenoxy) is 3. The maximum absolute atomic E-state index is 11.9. The molecule has 1 amide bonds. The summed E-state index contributed by atoms with van der Waals surface area (Å²) in [7, 11) is 0. The Bertz CT molecular complexity index is 858.